The van der Waals surface area contributed by atoms with Gasteiger partial charge in [0.25, 0.3) is 5.91 Å². The molecule has 0 aliphatic heterocycles. The van der Waals surface area contributed by atoms with Crippen molar-refractivity contribution in [2.75, 3.05) is 12.4 Å². The molecule has 0 bridgehead atoms. The third-order valence-corrected chi connectivity index (χ3v) is 4.72. The topological polar surface area (TPSA) is 67.4 Å². The van der Waals surface area contributed by atoms with E-state index in [2.05, 4.69) is 10.6 Å². The third kappa shape index (κ3) is 5.59. The lowest BCUT2D eigenvalue weighted by molar-refractivity contribution is -0.116. The van der Waals surface area contributed by atoms with E-state index in [1.165, 1.54) is 0 Å². The van der Waals surface area contributed by atoms with Crippen molar-refractivity contribution in [3.05, 3.63) is 95.0 Å². The highest BCUT2D eigenvalue weighted by Gasteiger charge is 2.20. The Morgan fingerprint density at radius 2 is 1.59 bits per heavy atom. The second-order valence-corrected chi connectivity index (χ2v) is 6.80. The maximum Gasteiger partial charge on any atom is 0.253 e. The van der Waals surface area contributed by atoms with Crippen LogP contribution < -0.4 is 15.4 Å². The third-order valence-electron chi connectivity index (χ3n) is 4.39. The predicted molar refractivity (Wildman–Crippen MR) is 114 cm³/mol. The molecule has 0 aromatic heterocycles. The molecule has 0 spiro atoms. The van der Waals surface area contributed by atoms with E-state index in [4.69, 9.17) is 16.3 Å². The van der Waals surface area contributed by atoms with E-state index in [1.807, 2.05) is 30.3 Å². The van der Waals surface area contributed by atoms with Gasteiger partial charge in [0.2, 0.25) is 5.91 Å². The first-order valence-corrected chi connectivity index (χ1v) is 9.49. The number of methoxy groups -OCH3 is 1. The number of anilines is 1. The van der Waals surface area contributed by atoms with Crippen molar-refractivity contribution in [1.82, 2.24) is 5.32 Å². The van der Waals surface area contributed by atoms with E-state index < -0.39 is 6.04 Å². The fraction of sp³-hybridized carbons (Fsp3) is 0.130. The molecule has 3 aromatic rings. The Kier molecular flexibility index (Phi) is 6.87. The molecule has 0 radical (unpaired) electrons. The first kappa shape index (κ1) is 20.4. The quantitative estimate of drug-likeness (QED) is 0.587. The van der Waals surface area contributed by atoms with Crippen LogP contribution in [0.3, 0.4) is 0 Å². The summed E-state index contributed by atoms with van der Waals surface area (Å²) in [6.45, 7) is 0. The molecular formula is C23H21ClN2O3. The lowest BCUT2D eigenvalue weighted by atomic mass is 10.0. The maximum absolute atomic E-state index is 12.7. The maximum atomic E-state index is 12.7. The molecule has 1 atom stereocenters. The summed E-state index contributed by atoms with van der Waals surface area (Å²) in [4.78, 5) is 25.3. The van der Waals surface area contributed by atoms with Gasteiger partial charge in [-0.15, -0.1) is 0 Å². The average Bonchev–Trinajstić information content (AvgIpc) is 2.74. The molecule has 0 fully saturated rings. The van der Waals surface area contributed by atoms with Crippen molar-refractivity contribution in [1.29, 1.82) is 0 Å². The minimum atomic E-state index is -0.502. The number of ether oxygens (including phenoxy) is 1. The molecule has 3 aromatic carbocycles. The minimum absolute atomic E-state index is 0.0756. The highest BCUT2D eigenvalue weighted by atomic mass is 35.5. The summed E-state index contributed by atoms with van der Waals surface area (Å²) in [6, 6.07) is 22.7. The second kappa shape index (κ2) is 9.75. The van der Waals surface area contributed by atoms with Crippen LogP contribution in [-0.2, 0) is 4.79 Å². The molecule has 2 amide bonds. The van der Waals surface area contributed by atoms with E-state index in [9.17, 15) is 9.59 Å². The van der Waals surface area contributed by atoms with Crippen molar-refractivity contribution in [2.24, 2.45) is 0 Å². The largest absolute Gasteiger partial charge is 0.497 e. The molecule has 6 heteroatoms. The van der Waals surface area contributed by atoms with Crippen molar-refractivity contribution in [3.8, 4) is 5.75 Å². The minimum Gasteiger partial charge on any atom is -0.497 e. The van der Waals surface area contributed by atoms with Crippen molar-refractivity contribution in [2.45, 2.75) is 12.5 Å². The molecule has 5 nitrogen and oxygen atoms in total. The fourth-order valence-corrected chi connectivity index (χ4v) is 3.11. The predicted octanol–water partition coefficient (Wildman–Crippen LogP) is 4.85. The number of amides is 2. The molecule has 0 saturated carbocycles. The van der Waals surface area contributed by atoms with Gasteiger partial charge in [-0.3, -0.25) is 9.59 Å². The van der Waals surface area contributed by atoms with Crippen LogP contribution in [0.15, 0.2) is 78.9 Å². The number of halogens is 1. The first-order valence-electron chi connectivity index (χ1n) is 9.11. The SMILES string of the molecule is COc1ccc(NC(=O)C[C@H](NC(=O)c2ccccc2Cl)c2ccccc2)cc1. The lowest BCUT2D eigenvalue weighted by Gasteiger charge is -2.19. The van der Waals surface area contributed by atoms with E-state index in [0.29, 0.717) is 22.0 Å². The number of hydrogen-bond acceptors (Lipinski definition) is 3. The molecular weight excluding hydrogens is 388 g/mol. The van der Waals surface area contributed by atoms with Crippen molar-refractivity contribution in [3.63, 3.8) is 0 Å². The van der Waals surface area contributed by atoms with E-state index in [1.54, 1.807) is 55.6 Å². The summed E-state index contributed by atoms with van der Waals surface area (Å²) in [5.74, 6) is 0.155. The molecule has 0 unspecified atom stereocenters. The zero-order chi connectivity index (χ0) is 20.6. The molecule has 3 rings (SSSR count). The van der Waals surface area contributed by atoms with Gasteiger partial charge in [0, 0.05) is 5.69 Å². The highest BCUT2D eigenvalue weighted by Crippen LogP contribution is 2.21. The summed E-state index contributed by atoms with van der Waals surface area (Å²) in [6.07, 6.45) is 0.0756. The summed E-state index contributed by atoms with van der Waals surface area (Å²) in [7, 11) is 1.58. The Morgan fingerprint density at radius 3 is 2.24 bits per heavy atom. The Hall–Kier alpha value is -3.31. The molecule has 29 heavy (non-hydrogen) atoms. The molecule has 2 N–H and O–H groups in total. The van der Waals surface area contributed by atoms with E-state index in [-0.39, 0.29) is 18.2 Å². The van der Waals surface area contributed by atoms with Crippen LogP contribution >= 0.6 is 11.6 Å². The van der Waals surface area contributed by atoms with Crippen LogP contribution in [0.2, 0.25) is 5.02 Å². The first-order chi connectivity index (χ1) is 14.1. The Morgan fingerprint density at radius 1 is 0.931 bits per heavy atom. The standard InChI is InChI=1S/C23H21ClN2O3/c1-29-18-13-11-17(12-14-18)25-22(27)15-21(16-7-3-2-4-8-16)26-23(28)19-9-5-6-10-20(19)24/h2-14,21H,15H2,1H3,(H,25,27)(H,26,28)/t21-/m0/s1. The molecule has 148 valence electrons. The second-order valence-electron chi connectivity index (χ2n) is 6.40. The summed E-state index contributed by atoms with van der Waals surface area (Å²) >= 11 is 6.14. The lowest BCUT2D eigenvalue weighted by Crippen LogP contribution is -2.31. The number of benzene rings is 3. The number of rotatable bonds is 7. The molecule has 0 aliphatic rings. The Bertz CT molecular complexity index is 975. The van der Waals surface area contributed by atoms with Crippen LogP contribution in [0.4, 0.5) is 5.69 Å². The smallest absolute Gasteiger partial charge is 0.253 e. The van der Waals surface area contributed by atoms with Crippen molar-refractivity contribution < 1.29 is 14.3 Å². The van der Waals surface area contributed by atoms with Gasteiger partial charge < -0.3 is 15.4 Å². The van der Waals surface area contributed by atoms with Crippen LogP contribution in [0.1, 0.15) is 28.4 Å². The van der Waals surface area contributed by atoms with Gasteiger partial charge in [0.05, 0.1) is 30.2 Å². The van der Waals surface area contributed by atoms with Gasteiger partial charge in [0.15, 0.2) is 0 Å². The number of carbonyl (C=O) groups is 2. The molecule has 0 heterocycles. The van der Waals surface area contributed by atoms with Crippen LogP contribution in [0.5, 0.6) is 5.75 Å². The number of carbonyl (C=O) groups excluding carboxylic acids is 2. The number of hydrogen-bond donors (Lipinski definition) is 2. The zero-order valence-corrected chi connectivity index (χ0v) is 16.6. The average molecular weight is 409 g/mol. The normalized spacial score (nSPS) is 11.4. The molecule has 0 saturated heterocycles. The summed E-state index contributed by atoms with van der Waals surface area (Å²) in [5.41, 5.74) is 1.85. The van der Waals surface area contributed by atoms with Gasteiger partial charge in [-0.25, -0.2) is 0 Å². The van der Waals surface area contributed by atoms with Crippen LogP contribution in [0, 0.1) is 0 Å². The fourth-order valence-electron chi connectivity index (χ4n) is 2.89. The number of nitrogens with one attached hydrogen (secondary N) is 2. The van der Waals surface area contributed by atoms with Gasteiger partial charge in [-0.1, -0.05) is 54.1 Å². The monoisotopic (exact) mass is 408 g/mol. The highest BCUT2D eigenvalue weighted by molar-refractivity contribution is 6.33. The summed E-state index contributed by atoms with van der Waals surface area (Å²) in [5, 5.41) is 6.13. The van der Waals surface area contributed by atoms with Crippen molar-refractivity contribution >= 4 is 29.1 Å². The molecule has 0 aliphatic carbocycles. The van der Waals surface area contributed by atoms with E-state index in [0.717, 1.165) is 5.56 Å². The van der Waals surface area contributed by atoms with Gasteiger partial charge in [-0.05, 0) is 42.0 Å². The van der Waals surface area contributed by atoms with Crippen LogP contribution in [0.25, 0.3) is 0 Å². The summed E-state index contributed by atoms with van der Waals surface area (Å²) < 4.78 is 5.12. The zero-order valence-electron chi connectivity index (χ0n) is 15.9. The van der Waals surface area contributed by atoms with Gasteiger partial charge in [-0.2, -0.15) is 0 Å². The Labute approximate surface area is 174 Å². The van der Waals surface area contributed by atoms with Crippen LogP contribution in [-0.4, -0.2) is 18.9 Å². The van der Waals surface area contributed by atoms with Gasteiger partial charge in [0.1, 0.15) is 5.75 Å². The van der Waals surface area contributed by atoms with E-state index >= 15 is 0 Å². The van der Waals surface area contributed by atoms with Gasteiger partial charge >= 0.3 is 0 Å². The Balaban J connectivity index is 1.74.